The molecule has 3 rings (SSSR count). The summed E-state index contributed by atoms with van der Waals surface area (Å²) in [5, 5.41) is 7.86. The number of nitrogens with zero attached hydrogens (tertiary/aromatic N) is 2. The first kappa shape index (κ1) is 14.4. The maximum atomic E-state index is 4.60. The Kier molecular flexibility index (Phi) is 3.48. The summed E-state index contributed by atoms with van der Waals surface area (Å²) < 4.78 is 0. The highest BCUT2D eigenvalue weighted by Gasteiger charge is 2.13. The molecule has 2 aromatic heterocycles. The van der Waals surface area contributed by atoms with Crippen LogP contribution in [0.5, 0.6) is 0 Å². The summed E-state index contributed by atoms with van der Waals surface area (Å²) in [7, 11) is 0. The molecular formula is C17H21N5. The van der Waals surface area contributed by atoms with Gasteiger partial charge in [-0.2, -0.15) is 4.98 Å². The normalized spacial score (nSPS) is 11.6. The van der Waals surface area contributed by atoms with E-state index in [1.807, 2.05) is 25.4 Å². The van der Waals surface area contributed by atoms with Gasteiger partial charge in [-0.25, -0.2) is 4.98 Å². The van der Waals surface area contributed by atoms with E-state index in [1.54, 1.807) is 0 Å². The second-order valence-corrected chi connectivity index (χ2v) is 6.47. The fraction of sp³-hybridized carbons (Fsp3) is 0.294. The number of hydrogen-bond donors (Lipinski definition) is 3. The molecular weight excluding hydrogens is 274 g/mol. The molecule has 0 aliphatic rings. The van der Waals surface area contributed by atoms with Crippen molar-refractivity contribution >= 4 is 28.4 Å². The summed E-state index contributed by atoms with van der Waals surface area (Å²) in [4.78, 5) is 12.2. The third-order valence-corrected chi connectivity index (χ3v) is 3.31. The first-order valence-corrected chi connectivity index (χ1v) is 7.37. The molecule has 0 saturated carbocycles. The number of aryl methyl sites for hydroxylation is 1. The Morgan fingerprint density at radius 3 is 2.73 bits per heavy atom. The van der Waals surface area contributed by atoms with Crippen molar-refractivity contribution in [3.8, 4) is 0 Å². The van der Waals surface area contributed by atoms with Crippen molar-refractivity contribution in [2.24, 2.45) is 0 Å². The van der Waals surface area contributed by atoms with Crippen molar-refractivity contribution in [3.05, 3.63) is 42.2 Å². The predicted octanol–water partition coefficient (Wildman–Crippen LogP) is 4.22. The molecule has 0 fully saturated rings. The second-order valence-electron chi connectivity index (χ2n) is 6.47. The van der Waals surface area contributed by atoms with Gasteiger partial charge in [0, 0.05) is 40.1 Å². The minimum absolute atomic E-state index is 0.0762. The number of rotatable bonds is 3. The summed E-state index contributed by atoms with van der Waals surface area (Å²) in [5.74, 6) is 1.44. The van der Waals surface area contributed by atoms with Gasteiger partial charge in [0.25, 0.3) is 0 Å². The Balaban J connectivity index is 1.94. The zero-order valence-electron chi connectivity index (χ0n) is 13.4. The lowest BCUT2D eigenvalue weighted by Gasteiger charge is -2.21. The molecule has 5 heteroatoms. The van der Waals surface area contributed by atoms with E-state index in [0.717, 1.165) is 28.0 Å². The molecule has 0 spiro atoms. The van der Waals surface area contributed by atoms with Crippen LogP contribution in [0.2, 0.25) is 0 Å². The van der Waals surface area contributed by atoms with Crippen molar-refractivity contribution < 1.29 is 0 Å². The third-order valence-electron chi connectivity index (χ3n) is 3.31. The first-order valence-electron chi connectivity index (χ1n) is 7.37. The van der Waals surface area contributed by atoms with E-state index < -0.39 is 0 Å². The smallest absolute Gasteiger partial charge is 0.225 e. The minimum Gasteiger partial charge on any atom is -0.361 e. The maximum Gasteiger partial charge on any atom is 0.225 e. The van der Waals surface area contributed by atoms with E-state index in [-0.39, 0.29) is 5.54 Å². The number of H-pyrrole nitrogens is 1. The fourth-order valence-corrected chi connectivity index (χ4v) is 2.29. The highest BCUT2D eigenvalue weighted by molar-refractivity contribution is 5.93. The van der Waals surface area contributed by atoms with E-state index in [1.165, 1.54) is 0 Å². The van der Waals surface area contributed by atoms with Gasteiger partial charge in [0.2, 0.25) is 5.95 Å². The van der Waals surface area contributed by atoms with Crippen LogP contribution in [-0.4, -0.2) is 20.5 Å². The van der Waals surface area contributed by atoms with Gasteiger partial charge in [-0.05, 0) is 45.9 Å². The van der Waals surface area contributed by atoms with Crippen LogP contribution in [-0.2, 0) is 0 Å². The summed E-state index contributed by atoms with van der Waals surface area (Å²) in [5.41, 5.74) is 3.06. The van der Waals surface area contributed by atoms with Crippen molar-refractivity contribution in [3.63, 3.8) is 0 Å². The lowest BCUT2D eigenvalue weighted by Crippen LogP contribution is -2.27. The van der Waals surface area contributed by atoms with Crippen molar-refractivity contribution in [2.75, 3.05) is 10.6 Å². The predicted molar refractivity (Wildman–Crippen MR) is 91.7 cm³/mol. The van der Waals surface area contributed by atoms with Crippen LogP contribution < -0.4 is 10.6 Å². The molecule has 1 aromatic carbocycles. The number of aromatic amines is 1. The Hall–Kier alpha value is -2.56. The highest BCUT2D eigenvalue weighted by atomic mass is 15.2. The van der Waals surface area contributed by atoms with Gasteiger partial charge < -0.3 is 15.6 Å². The van der Waals surface area contributed by atoms with Crippen LogP contribution in [0.15, 0.2) is 36.7 Å². The SMILES string of the molecule is Cc1cnc(NC(C)(C)C)nc1Nc1cccc2[nH]ccc12. The van der Waals surface area contributed by atoms with Crippen molar-refractivity contribution in [2.45, 2.75) is 33.2 Å². The van der Waals surface area contributed by atoms with E-state index in [4.69, 9.17) is 0 Å². The zero-order valence-corrected chi connectivity index (χ0v) is 13.4. The monoisotopic (exact) mass is 295 g/mol. The standard InChI is InChI=1S/C17H21N5/c1-11-10-19-16(22-17(2,3)4)21-15(11)20-14-7-5-6-13-12(14)8-9-18-13/h5-10,18H,1-4H3,(H2,19,20,21,22). The van der Waals surface area contributed by atoms with Gasteiger partial charge in [-0.1, -0.05) is 6.07 Å². The summed E-state index contributed by atoms with van der Waals surface area (Å²) in [6.07, 6.45) is 3.77. The molecule has 0 saturated heterocycles. The number of anilines is 3. The first-order chi connectivity index (χ1) is 10.4. The lowest BCUT2D eigenvalue weighted by molar-refractivity contribution is 0.626. The Morgan fingerprint density at radius 2 is 1.95 bits per heavy atom. The molecule has 0 aliphatic carbocycles. The average Bonchev–Trinajstić information content (AvgIpc) is 2.90. The second kappa shape index (κ2) is 5.33. The highest BCUT2D eigenvalue weighted by Crippen LogP contribution is 2.26. The topological polar surface area (TPSA) is 65.6 Å². The molecule has 0 unspecified atom stereocenters. The molecule has 3 aromatic rings. The van der Waals surface area contributed by atoms with Gasteiger partial charge in [0.1, 0.15) is 5.82 Å². The molecule has 114 valence electrons. The average molecular weight is 295 g/mol. The summed E-state index contributed by atoms with van der Waals surface area (Å²) >= 11 is 0. The number of nitrogens with one attached hydrogen (secondary N) is 3. The quantitative estimate of drug-likeness (QED) is 0.677. The number of fused-ring (bicyclic) bond motifs is 1. The molecule has 0 aliphatic heterocycles. The molecule has 22 heavy (non-hydrogen) atoms. The van der Waals surface area contributed by atoms with E-state index >= 15 is 0 Å². The van der Waals surface area contributed by atoms with Gasteiger partial charge in [0.15, 0.2) is 0 Å². The molecule has 5 nitrogen and oxygen atoms in total. The number of hydrogen-bond acceptors (Lipinski definition) is 4. The van der Waals surface area contributed by atoms with E-state index in [9.17, 15) is 0 Å². The van der Waals surface area contributed by atoms with Gasteiger partial charge in [-0.3, -0.25) is 0 Å². The van der Waals surface area contributed by atoms with Crippen molar-refractivity contribution in [1.82, 2.24) is 15.0 Å². The van der Waals surface area contributed by atoms with Gasteiger partial charge in [-0.15, -0.1) is 0 Å². The largest absolute Gasteiger partial charge is 0.361 e. The Morgan fingerprint density at radius 1 is 1.14 bits per heavy atom. The number of aromatic nitrogens is 3. The molecule has 0 amide bonds. The third kappa shape index (κ3) is 3.03. The fourth-order valence-electron chi connectivity index (χ4n) is 2.29. The minimum atomic E-state index is -0.0762. The Bertz CT molecular complexity index is 798. The summed E-state index contributed by atoms with van der Waals surface area (Å²) in [6.45, 7) is 8.26. The Labute approximate surface area is 130 Å². The van der Waals surface area contributed by atoms with Crippen molar-refractivity contribution in [1.29, 1.82) is 0 Å². The molecule has 3 N–H and O–H groups in total. The van der Waals surface area contributed by atoms with Crippen LogP contribution in [0.25, 0.3) is 10.9 Å². The van der Waals surface area contributed by atoms with E-state index in [2.05, 4.69) is 64.6 Å². The van der Waals surface area contributed by atoms with Crippen LogP contribution >= 0.6 is 0 Å². The van der Waals surface area contributed by atoms with Gasteiger partial charge >= 0.3 is 0 Å². The number of benzene rings is 1. The molecule has 2 heterocycles. The molecule has 0 atom stereocenters. The van der Waals surface area contributed by atoms with Crippen LogP contribution in [0.4, 0.5) is 17.5 Å². The maximum absolute atomic E-state index is 4.60. The van der Waals surface area contributed by atoms with Crippen LogP contribution in [0, 0.1) is 6.92 Å². The van der Waals surface area contributed by atoms with E-state index in [0.29, 0.717) is 5.95 Å². The lowest BCUT2D eigenvalue weighted by atomic mass is 10.1. The zero-order chi connectivity index (χ0) is 15.7. The molecule has 0 radical (unpaired) electrons. The van der Waals surface area contributed by atoms with Crippen LogP contribution in [0.3, 0.4) is 0 Å². The summed E-state index contributed by atoms with van der Waals surface area (Å²) in [6, 6.07) is 8.18. The van der Waals surface area contributed by atoms with Crippen LogP contribution in [0.1, 0.15) is 26.3 Å². The van der Waals surface area contributed by atoms with Gasteiger partial charge in [0.05, 0.1) is 0 Å². The molecule has 0 bridgehead atoms.